The Labute approximate surface area is 206 Å². The van der Waals surface area contributed by atoms with Gasteiger partial charge in [0.1, 0.15) is 5.75 Å². The quantitative estimate of drug-likeness (QED) is 0.526. The second-order valence-electron chi connectivity index (χ2n) is 8.64. The maximum absolute atomic E-state index is 13.3. The molecule has 0 radical (unpaired) electrons. The first-order valence-corrected chi connectivity index (χ1v) is 12.1. The minimum atomic E-state index is -0.670. The Morgan fingerprint density at radius 2 is 1.80 bits per heavy atom. The summed E-state index contributed by atoms with van der Waals surface area (Å²) in [5.41, 5.74) is 1.72. The van der Waals surface area contributed by atoms with E-state index in [-0.39, 0.29) is 11.4 Å². The lowest BCUT2D eigenvalue weighted by molar-refractivity contribution is -0.129. The molecule has 1 fully saturated rings. The van der Waals surface area contributed by atoms with Crippen molar-refractivity contribution in [2.24, 2.45) is 0 Å². The SMILES string of the molecule is CCCOc1ccc(C2C(C(=O)/C=C/c3ccccc3)=C(O)C(=O)N2CCN2CCOCC2)cc1. The average molecular weight is 477 g/mol. The van der Waals surface area contributed by atoms with Crippen molar-refractivity contribution >= 4 is 17.8 Å². The number of allylic oxidation sites excluding steroid dienone is 1. The number of amides is 1. The summed E-state index contributed by atoms with van der Waals surface area (Å²) in [5, 5.41) is 10.8. The van der Waals surface area contributed by atoms with Crippen molar-refractivity contribution in [1.82, 2.24) is 9.80 Å². The topological polar surface area (TPSA) is 79.3 Å². The highest BCUT2D eigenvalue weighted by Gasteiger charge is 2.42. The number of ether oxygens (including phenoxy) is 2. The van der Waals surface area contributed by atoms with Crippen molar-refractivity contribution in [2.75, 3.05) is 46.0 Å². The van der Waals surface area contributed by atoms with E-state index in [0.717, 1.165) is 36.4 Å². The summed E-state index contributed by atoms with van der Waals surface area (Å²) in [5.74, 6) is -0.660. The van der Waals surface area contributed by atoms with Gasteiger partial charge in [-0.15, -0.1) is 0 Å². The summed E-state index contributed by atoms with van der Waals surface area (Å²) in [7, 11) is 0. The van der Waals surface area contributed by atoms with Crippen LogP contribution in [0.15, 0.2) is 72.0 Å². The zero-order chi connectivity index (χ0) is 24.6. The number of morpholine rings is 1. The monoisotopic (exact) mass is 476 g/mol. The van der Waals surface area contributed by atoms with Gasteiger partial charge < -0.3 is 19.5 Å². The number of aliphatic hydroxyl groups excluding tert-OH is 1. The third kappa shape index (κ3) is 5.99. The number of aliphatic hydroxyl groups is 1. The van der Waals surface area contributed by atoms with Gasteiger partial charge in [-0.2, -0.15) is 0 Å². The molecule has 0 aromatic heterocycles. The molecule has 1 N–H and O–H groups in total. The molecule has 1 saturated heterocycles. The average Bonchev–Trinajstić information content (AvgIpc) is 3.16. The Balaban J connectivity index is 1.60. The number of rotatable bonds is 10. The predicted molar refractivity (Wildman–Crippen MR) is 134 cm³/mol. The summed E-state index contributed by atoms with van der Waals surface area (Å²) in [6.07, 6.45) is 4.02. The summed E-state index contributed by atoms with van der Waals surface area (Å²) in [4.78, 5) is 30.2. The summed E-state index contributed by atoms with van der Waals surface area (Å²) < 4.78 is 11.1. The van der Waals surface area contributed by atoms with Gasteiger partial charge in [0.25, 0.3) is 5.91 Å². The van der Waals surface area contributed by atoms with Gasteiger partial charge in [-0.3, -0.25) is 14.5 Å². The molecule has 2 heterocycles. The fourth-order valence-corrected chi connectivity index (χ4v) is 4.35. The lowest BCUT2D eigenvalue weighted by Gasteiger charge is -2.31. The molecule has 0 aliphatic carbocycles. The van der Waals surface area contributed by atoms with Crippen molar-refractivity contribution in [3.8, 4) is 5.75 Å². The maximum Gasteiger partial charge on any atom is 0.290 e. The molecule has 7 heteroatoms. The van der Waals surface area contributed by atoms with Crippen molar-refractivity contribution in [3.63, 3.8) is 0 Å². The van der Waals surface area contributed by atoms with E-state index in [0.29, 0.717) is 32.9 Å². The zero-order valence-electron chi connectivity index (χ0n) is 20.1. The fourth-order valence-electron chi connectivity index (χ4n) is 4.35. The summed E-state index contributed by atoms with van der Waals surface area (Å²) in [6, 6.07) is 16.2. The number of ketones is 1. The van der Waals surface area contributed by atoms with Crippen molar-refractivity contribution < 1.29 is 24.2 Å². The largest absolute Gasteiger partial charge is 0.503 e. The van der Waals surface area contributed by atoms with Crippen molar-refractivity contribution in [1.29, 1.82) is 0 Å². The Hall–Kier alpha value is -3.42. The molecule has 2 aliphatic rings. The van der Waals surface area contributed by atoms with Gasteiger partial charge >= 0.3 is 0 Å². The van der Waals surface area contributed by atoms with E-state index in [9.17, 15) is 14.7 Å². The van der Waals surface area contributed by atoms with Crippen LogP contribution in [0.25, 0.3) is 6.08 Å². The van der Waals surface area contributed by atoms with E-state index in [1.807, 2.05) is 61.5 Å². The number of hydrogen-bond donors (Lipinski definition) is 1. The van der Waals surface area contributed by atoms with E-state index in [4.69, 9.17) is 9.47 Å². The van der Waals surface area contributed by atoms with E-state index in [1.54, 1.807) is 11.0 Å². The molecule has 1 unspecified atom stereocenters. The second-order valence-corrected chi connectivity index (χ2v) is 8.64. The molecule has 1 amide bonds. The third-order valence-electron chi connectivity index (χ3n) is 6.23. The maximum atomic E-state index is 13.3. The van der Waals surface area contributed by atoms with E-state index >= 15 is 0 Å². The number of hydrogen-bond acceptors (Lipinski definition) is 6. The van der Waals surface area contributed by atoms with Crippen LogP contribution in [0.1, 0.15) is 30.5 Å². The van der Waals surface area contributed by atoms with Gasteiger partial charge in [-0.25, -0.2) is 0 Å². The van der Waals surface area contributed by atoms with Crippen LogP contribution in [0.4, 0.5) is 0 Å². The van der Waals surface area contributed by atoms with Crippen LogP contribution in [-0.2, 0) is 14.3 Å². The van der Waals surface area contributed by atoms with Gasteiger partial charge in [0, 0.05) is 26.2 Å². The second kappa shape index (κ2) is 11.8. The minimum absolute atomic E-state index is 0.103. The first-order valence-electron chi connectivity index (χ1n) is 12.1. The molecule has 35 heavy (non-hydrogen) atoms. The Bertz CT molecular complexity index is 1070. The molecule has 184 valence electrons. The molecule has 2 aromatic rings. The summed E-state index contributed by atoms with van der Waals surface area (Å²) >= 11 is 0. The first-order chi connectivity index (χ1) is 17.1. The van der Waals surface area contributed by atoms with Crippen LogP contribution in [0, 0.1) is 0 Å². The lowest BCUT2D eigenvalue weighted by atomic mass is 9.95. The van der Waals surface area contributed by atoms with E-state index < -0.39 is 17.7 Å². The van der Waals surface area contributed by atoms with Crippen LogP contribution in [-0.4, -0.2) is 72.6 Å². The molecule has 0 saturated carbocycles. The first kappa shape index (κ1) is 24.7. The van der Waals surface area contributed by atoms with Crippen molar-refractivity contribution in [3.05, 3.63) is 83.1 Å². The van der Waals surface area contributed by atoms with Gasteiger partial charge in [0.15, 0.2) is 11.5 Å². The number of nitrogens with zero attached hydrogens (tertiary/aromatic N) is 2. The number of benzene rings is 2. The van der Waals surface area contributed by atoms with Gasteiger partial charge in [-0.05, 0) is 35.8 Å². The van der Waals surface area contributed by atoms with Crippen LogP contribution in [0.5, 0.6) is 5.75 Å². The molecule has 1 atom stereocenters. The third-order valence-corrected chi connectivity index (χ3v) is 6.23. The zero-order valence-corrected chi connectivity index (χ0v) is 20.1. The molecule has 0 spiro atoms. The lowest BCUT2D eigenvalue weighted by Crippen LogP contribution is -2.43. The highest BCUT2D eigenvalue weighted by molar-refractivity contribution is 6.14. The van der Waals surface area contributed by atoms with Crippen LogP contribution in [0.2, 0.25) is 0 Å². The molecule has 2 aliphatic heterocycles. The molecule has 0 bridgehead atoms. The highest BCUT2D eigenvalue weighted by atomic mass is 16.5. The van der Waals surface area contributed by atoms with Crippen LogP contribution >= 0.6 is 0 Å². The molecular weight excluding hydrogens is 444 g/mol. The highest BCUT2D eigenvalue weighted by Crippen LogP contribution is 2.38. The van der Waals surface area contributed by atoms with E-state index in [2.05, 4.69) is 4.90 Å². The van der Waals surface area contributed by atoms with Gasteiger partial charge in [-0.1, -0.05) is 55.5 Å². The smallest absolute Gasteiger partial charge is 0.290 e. The minimum Gasteiger partial charge on any atom is -0.503 e. The van der Waals surface area contributed by atoms with Crippen LogP contribution < -0.4 is 4.74 Å². The van der Waals surface area contributed by atoms with Gasteiger partial charge in [0.2, 0.25) is 0 Å². The Morgan fingerprint density at radius 1 is 1.09 bits per heavy atom. The Morgan fingerprint density at radius 3 is 2.49 bits per heavy atom. The fraction of sp³-hybridized carbons (Fsp3) is 0.357. The molecule has 2 aromatic carbocycles. The standard InChI is InChI=1S/C28H32N2O5/c1-2-18-35-23-11-9-22(10-12-23)26-25(24(31)13-8-21-6-4-3-5-7-21)27(32)28(33)30(26)15-14-29-16-19-34-20-17-29/h3-13,26,32H,2,14-20H2,1H3/b13-8+. The molecular formula is C28H32N2O5. The molecule has 7 nitrogen and oxygen atoms in total. The normalized spacial score (nSPS) is 19.1. The number of carbonyl (C=O) groups excluding carboxylic acids is 2. The molecule has 4 rings (SSSR count). The Kier molecular flexibility index (Phi) is 8.34. The van der Waals surface area contributed by atoms with Gasteiger partial charge in [0.05, 0.1) is 31.4 Å². The number of carbonyl (C=O) groups is 2. The van der Waals surface area contributed by atoms with Crippen molar-refractivity contribution in [2.45, 2.75) is 19.4 Å². The predicted octanol–water partition coefficient (Wildman–Crippen LogP) is 3.79. The van der Waals surface area contributed by atoms with Crippen LogP contribution in [0.3, 0.4) is 0 Å². The van der Waals surface area contributed by atoms with E-state index in [1.165, 1.54) is 6.08 Å². The summed E-state index contributed by atoms with van der Waals surface area (Å²) in [6.45, 7) is 6.59.